The zero-order chi connectivity index (χ0) is 22.0. The zero-order valence-electron chi connectivity index (χ0n) is 18.2. The Morgan fingerprint density at radius 3 is 2.68 bits per heavy atom. The summed E-state index contributed by atoms with van der Waals surface area (Å²) in [7, 11) is -0.962. The third kappa shape index (κ3) is 5.65. The maximum absolute atomic E-state index is 12.6. The van der Waals surface area contributed by atoms with Gasteiger partial charge in [-0.05, 0) is 44.0 Å². The van der Waals surface area contributed by atoms with Crippen molar-refractivity contribution in [1.82, 2.24) is 20.0 Å². The summed E-state index contributed by atoms with van der Waals surface area (Å²) in [6.07, 6.45) is 2.72. The fourth-order valence-electron chi connectivity index (χ4n) is 3.94. The molecular formula is C22H31N5O3S. The van der Waals surface area contributed by atoms with Gasteiger partial charge in [-0.15, -0.1) is 0 Å². The van der Waals surface area contributed by atoms with Crippen molar-refractivity contribution < 1.29 is 13.2 Å². The number of amides is 2. The molecule has 2 aliphatic rings. The second-order valence-corrected chi connectivity index (χ2v) is 10.9. The summed E-state index contributed by atoms with van der Waals surface area (Å²) < 4.78 is 25.6. The van der Waals surface area contributed by atoms with Gasteiger partial charge in [-0.2, -0.15) is 5.10 Å². The van der Waals surface area contributed by atoms with Crippen molar-refractivity contribution in [3.05, 3.63) is 47.2 Å². The van der Waals surface area contributed by atoms with Crippen LogP contribution in [-0.2, 0) is 22.9 Å². The SMILES string of the molecule is CCN(C)Cc1cccc(CNC(=O)Nc2cc(C3CC3)nn2C2CCS(=O)(=O)C2)c1. The Hall–Kier alpha value is -2.39. The van der Waals surface area contributed by atoms with Crippen LogP contribution in [0.15, 0.2) is 30.3 Å². The van der Waals surface area contributed by atoms with E-state index in [-0.39, 0.29) is 23.6 Å². The number of sulfone groups is 1. The molecule has 0 spiro atoms. The molecule has 1 saturated carbocycles. The minimum atomic E-state index is -3.04. The summed E-state index contributed by atoms with van der Waals surface area (Å²) in [5, 5.41) is 10.4. The largest absolute Gasteiger partial charge is 0.334 e. The normalized spacial score (nSPS) is 20.2. The molecule has 31 heavy (non-hydrogen) atoms. The molecule has 1 atom stereocenters. The monoisotopic (exact) mass is 445 g/mol. The first-order valence-corrected chi connectivity index (χ1v) is 12.8. The maximum Gasteiger partial charge on any atom is 0.320 e. The van der Waals surface area contributed by atoms with E-state index < -0.39 is 9.84 Å². The molecule has 1 aromatic heterocycles. The molecule has 168 valence electrons. The van der Waals surface area contributed by atoms with E-state index in [1.807, 2.05) is 18.2 Å². The molecule has 4 rings (SSSR count). The molecule has 1 aromatic carbocycles. The van der Waals surface area contributed by atoms with Gasteiger partial charge in [0.15, 0.2) is 9.84 Å². The van der Waals surface area contributed by atoms with Gasteiger partial charge in [0.05, 0.1) is 23.2 Å². The van der Waals surface area contributed by atoms with Gasteiger partial charge in [0.1, 0.15) is 5.82 Å². The van der Waals surface area contributed by atoms with Crippen LogP contribution in [0.2, 0.25) is 0 Å². The zero-order valence-corrected chi connectivity index (χ0v) is 19.0. The van der Waals surface area contributed by atoms with E-state index in [0.29, 0.717) is 24.7 Å². The smallest absolute Gasteiger partial charge is 0.320 e. The van der Waals surface area contributed by atoms with E-state index in [2.05, 4.69) is 46.7 Å². The average molecular weight is 446 g/mol. The molecule has 1 saturated heterocycles. The molecule has 2 fully saturated rings. The fraction of sp³-hybridized carbons (Fsp3) is 0.545. The predicted octanol–water partition coefficient (Wildman–Crippen LogP) is 2.89. The number of benzene rings is 1. The van der Waals surface area contributed by atoms with Crippen LogP contribution in [0.1, 0.15) is 55.0 Å². The lowest BCUT2D eigenvalue weighted by Gasteiger charge is -2.15. The lowest BCUT2D eigenvalue weighted by Crippen LogP contribution is -2.30. The van der Waals surface area contributed by atoms with E-state index in [0.717, 1.165) is 37.2 Å². The van der Waals surface area contributed by atoms with Gasteiger partial charge in [0, 0.05) is 25.1 Å². The summed E-state index contributed by atoms with van der Waals surface area (Å²) in [5.74, 6) is 1.24. The van der Waals surface area contributed by atoms with E-state index in [1.165, 1.54) is 5.56 Å². The lowest BCUT2D eigenvalue weighted by atomic mass is 10.1. The first-order valence-electron chi connectivity index (χ1n) is 10.9. The van der Waals surface area contributed by atoms with E-state index in [1.54, 1.807) is 4.68 Å². The maximum atomic E-state index is 12.6. The van der Waals surface area contributed by atoms with Crippen molar-refractivity contribution in [2.75, 3.05) is 30.4 Å². The van der Waals surface area contributed by atoms with Crippen LogP contribution in [0, 0.1) is 0 Å². The Labute approximate surface area is 183 Å². The number of aromatic nitrogens is 2. The number of anilines is 1. The number of carbonyl (C=O) groups excluding carboxylic acids is 1. The highest BCUT2D eigenvalue weighted by molar-refractivity contribution is 7.91. The van der Waals surface area contributed by atoms with Gasteiger partial charge in [0.2, 0.25) is 0 Å². The summed E-state index contributed by atoms with van der Waals surface area (Å²) in [5.41, 5.74) is 3.18. The standard InChI is InChI=1S/C22H31N5O3S/c1-3-26(2)14-17-6-4-5-16(11-17)13-23-22(28)24-21-12-20(18-7-8-18)25-27(21)19-9-10-31(29,30)15-19/h4-6,11-12,18-19H,3,7-10,13-15H2,1-2H3,(H2,23,24,28). The Kier molecular flexibility index (Phi) is 6.34. The Morgan fingerprint density at radius 1 is 1.23 bits per heavy atom. The van der Waals surface area contributed by atoms with Crippen LogP contribution in [0.5, 0.6) is 0 Å². The van der Waals surface area contributed by atoms with Gasteiger partial charge in [0.25, 0.3) is 0 Å². The van der Waals surface area contributed by atoms with E-state index >= 15 is 0 Å². The second-order valence-electron chi connectivity index (χ2n) is 8.69. The van der Waals surface area contributed by atoms with E-state index in [4.69, 9.17) is 0 Å². The highest BCUT2D eigenvalue weighted by Crippen LogP contribution is 2.41. The van der Waals surface area contributed by atoms with Crippen LogP contribution in [0.3, 0.4) is 0 Å². The predicted molar refractivity (Wildman–Crippen MR) is 121 cm³/mol. The molecule has 2 amide bonds. The van der Waals surface area contributed by atoms with Crippen LogP contribution < -0.4 is 10.6 Å². The number of carbonyl (C=O) groups is 1. The average Bonchev–Trinajstić information content (AvgIpc) is 3.41. The third-order valence-corrected chi connectivity index (χ3v) is 7.73. The molecule has 2 heterocycles. The van der Waals surface area contributed by atoms with Crippen molar-refractivity contribution in [2.24, 2.45) is 0 Å². The number of nitrogens with one attached hydrogen (secondary N) is 2. The molecule has 1 aliphatic heterocycles. The second kappa shape index (κ2) is 9.00. The number of hydrogen-bond acceptors (Lipinski definition) is 5. The molecular weight excluding hydrogens is 414 g/mol. The van der Waals surface area contributed by atoms with Gasteiger partial charge < -0.3 is 10.2 Å². The summed E-state index contributed by atoms with van der Waals surface area (Å²) in [4.78, 5) is 14.8. The first kappa shape index (κ1) is 21.8. The van der Waals surface area contributed by atoms with Crippen LogP contribution in [-0.4, -0.2) is 54.2 Å². The molecule has 0 bridgehead atoms. The lowest BCUT2D eigenvalue weighted by molar-refractivity contribution is 0.251. The van der Waals surface area contributed by atoms with Crippen LogP contribution in [0.25, 0.3) is 0 Å². The first-order chi connectivity index (χ1) is 14.8. The summed E-state index contributed by atoms with van der Waals surface area (Å²) in [6, 6.07) is 9.54. The molecule has 2 aromatic rings. The van der Waals surface area contributed by atoms with Crippen LogP contribution >= 0.6 is 0 Å². The van der Waals surface area contributed by atoms with E-state index in [9.17, 15) is 13.2 Å². The highest BCUT2D eigenvalue weighted by Gasteiger charge is 2.34. The molecule has 2 N–H and O–H groups in total. The summed E-state index contributed by atoms with van der Waals surface area (Å²) >= 11 is 0. The fourth-order valence-corrected chi connectivity index (χ4v) is 5.63. The van der Waals surface area contributed by atoms with Gasteiger partial charge in [-0.3, -0.25) is 5.32 Å². The van der Waals surface area contributed by atoms with Crippen LogP contribution in [0.4, 0.5) is 10.6 Å². The number of urea groups is 1. The summed E-state index contributed by atoms with van der Waals surface area (Å²) in [6.45, 7) is 4.38. The third-order valence-electron chi connectivity index (χ3n) is 5.98. The van der Waals surface area contributed by atoms with Gasteiger partial charge in [-0.1, -0.05) is 31.2 Å². The molecule has 0 radical (unpaired) electrons. The number of rotatable bonds is 8. The number of nitrogens with zero attached hydrogens (tertiary/aromatic N) is 3. The Morgan fingerprint density at radius 2 is 2.00 bits per heavy atom. The van der Waals surface area contributed by atoms with Crippen molar-refractivity contribution >= 4 is 21.7 Å². The molecule has 9 heteroatoms. The van der Waals surface area contributed by atoms with Crippen molar-refractivity contribution in [3.63, 3.8) is 0 Å². The minimum absolute atomic E-state index is 0.0775. The van der Waals surface area contributed by atoms with Gasteiger partial charge >= 0.3 is 6.03 Å². The molecule has 8 nitrogen and oxygen atoms in total. The topological polar surface area (TPSA) is 96.3 Å². The van der Waals surface area contributed by atoms with Crippen molar-refractivity contribution in [2.45, 2.75) is 51.2 Å². The molecule has 1 unspecified atom stereocenters. The Balaban J connectivity index is 1.40. The Bertz CT molecular complexity index is 1050. The number of hydrogen-bond donors (Lipinski definition) is 2. The highest BCUT2D eigenvalue weighted by atomic mass is 32.2. The van der Waals surface area contributed by atoms with Crippen molar-refractivity contribution in [3.8, 4) is 0 Å². The minimum Gasteiger partial charge on any atom is -0.334 e. The quantitative estimate of drug-likeness (QED) is 0.651. The van der Waals surface area contributed by atoms with Gasteiger partial charge in [-0.25, -0.2) is 17.9 Å². The molecule has 1 aliphatic carbocycles. The van der Waals surface area contributed by atoms with Crippen molar-refractivity contribution in [1.29, 1.82) is 0 Å².